The Bertz CT molecular complexity index is 321. The van der Waals surface area contributed by atoms with Crippen molar-refractivity contribution in [1.29, 1.82) is 0 Å². The molecule has 1 aromatic rings. The molecule has 0 aliphatic carbocycles. The van der Waals surface area contributed by atoms with E-state index in [1.165, 1.54) is 20.2 Å². The molecule has 0 aromatic heterocycles. The quantitative estimate of drug-likeness (QED) is 0.619. The number of thiol groups is 1. The van der Waals surface area contributed by atoms with Crippen LogP contribution in [0.4, 0.5) is 8.78 Å². The molecule has 0 spiro atoms. The highest BCUT2D eigenvalue weighted by Gasteiger charge is 2.09. The summed E-state index contributed by atoms with van der Waals surface area (Å²) in [5.41, 5.74) is 0. The Kier molecular flexibility index (Phi) is 8.75. The molecule has 0 unspecified atom stereocenters. The van der Waals surface area contributed by atoms with Crippen LogP contribution in [0.2, 0.25) is 0 Å². The first-order valence-corrected chi connectivity index (χ1v) is 6.19. The van der Waals surface area contributed by atoms with Gasteiger partial charge >= 0.3 is 0 Å². The Morgan fingerprint density at radius 2 is 1.44 bits per heavy atom. The van der Waals surface area contributed by atoms with Crippen LogP contribution in [0.5, 0.6) is 5.75 Å². The number of rotatable bonds is 1. The van der Waals surface area contributed by atoms with Gasteiger partial charge in [-0.2, -0.15) is 0 Å². The largest absolute Gasteiger partial charge is 0.497 e. The second-order valence-electron chi connectivity index (χ2n) is 4.49. The number of benzene rings is 1. The van der Waals surface area contributed by atoms with Crippen LogP contribution in [0.25, 0.3) is 0 Å². The van der Waals surface area contributed by atoms with E-state index in [4.69, 9.17) is 0 Å². The second-order valence-corrected chi connectivity index (χ2v) is 5.06. The summed E-state index contributed by atoms with van der Waals surface area (Å²) in [4.78, 5) is 0. The lowest BCUT2D eigenvalue weighted by Gasteiger charge is -1.97. The lowest BCUT2D eigenvalue weighted by Crippen LogP contribution is -1.85. The fourth-order valence-electron chi connectivity index (χ4n) is 0.691. The van der Waals surface area contributed by atoms with Gasteiger partial charge < -0.3 is 4.74 Å². The van der Waals surface area contributed by atoms with Gasteiger partial charge in [0.1, 0.15) is 17.4 Å². The molecule has 1 aliphatic heterocycles. The molecule has 0 N–H and O–H groups in total. The number of halogens is 2. The molecule has 0 bridgehead atoms. The minimum Gasteiger partial charge on any atom is -0.497 e. The maximum Gasteiger partial charge on any atom is 0.129 e. The van der Waals surface area contributed by atoms with E-state index in [0.29, 0.717) is 0 Å². The Hall–Kier alpha value is -0.810. The van der Waals surface area contributed by atoms with Gasteiger partial charge in [-0.05, 0) is 5.92 Å². The predicted molar refractivity (Wildman–Crippen MR) is 74.0 cm³/mol. The molecular formula is C13H21F2NOS. The highest BCUT2D eigenvalue weighted by molar-refractivity contribution is 7.78. The van der Waals surface area contributed by atoms with Crippen LogP contribution in [0.15, 0.2) is 18.2 Å². The Balaban J connectivity index is 0.000000297. The van der Waals surface area contributed by atoms with E-state index in [2.05, 4.69) is 38.3 Å². The summed E-state index contributed by atoms with van der Waals surface area (Å²) >= 11 is 3.91. The van der Waals surface area contributed by atoms with E-state index in [9.17, 15) is 8.78 Å². The SMILES string of the molecule is CC(C)C.COc1cc(F)cc(F)c1.SN1CC1. The zero-order valence-corrected chi connectivity index (χ0v) is 12.2. The highest BCUT2D eigenvalue weighted by Crippen LogP contribution is 2.13. The number of nitrogens with zero attached hydrogens (tertiary/aromatic N) is 1. The summed E-state index contributed by atoms with van der Waals surface area (Å²) in [6.07, 6.45) is 0. The van der Waals surface area contributed by atoms with Crippen LogP contribution in [0, 0.1) is 17.6 Å². The third-order valence-corrected chi connectivity index (χ3v) is 1.90. The minimum atomic E-state index is -0.628. The summed E-state index contributed by atoms with van der Waals surface area (Å²) in [7, 11) is 1.36. The van der Waals surface area contributed by atoms with Gasteiger partial charge in [0, 0.05) is 31.3 Å². The molecule has 0 amide bonds. The lowest BCUT2D eigenvalue weighted by atomic mass is 10.3. The maximum absolute atomic E-state index is 12.3. The molecule has 0 radical (unpaired) electrons. The topological polar surface area (TPSA) is 12.2 Å². The average Bonchev–Trinajstić information content (AvgIpc) is 2.99. The summed E-state index contributed by atoms with van der Waals surface area (Å²) in [6.45, 7) is 8.87. The third kappa shape index (κ3) is 11.7. The van der Waals surface area contributed by atoms with Gasteiger partial charge in [-0.25, -0.2) is 8.78 Å². The van der Waals surface area contributed by atoms with Gasteiger partial charge in [-0.3, -0.25) is 4.31 Å². The smallest absolute Gasteiger partial charge is 0.129 e. The molecule has 104 valence electrons. The van der Waals surface area contributed by atoms with E-state index in [1.54, 1.807) is 0 Å². The van der Waals surface area contributed by atoms with Gasteiger partial charge in [-0.15, -0.1) is 0 Å². The van der Waals surface area contributed by atoms with E-state index in [0.717, 1.165) is 24.1 Å². The van der Waals surface area contributed by atoms with Gasteiger partial charge in [0.05, 0.1) is 7.11 Å². The van der Waals surface area contributed by atoms with Crippen molar-refractivity contribution in [2.24, 2.45) is 5.92 Å². The molecule has 0 saturated carbocycles. The molecule has 1 fully saturated rings. The Labute approximate surface area is 113 Å². The first kappa shape index (κ1) is 17.2. The van der Waals surface area contributed by atoms with E-state index < -0.39 is 11.6 Å². The molecule has 0 atom stereocenters. The Morgan fingerprint density at radius 1 is 1.11 bits per heavy atom. The highest BCUT2D eigenvalue weighted by atomic mass is 32.1. The van der Waals surface area contributed by atoms with E-state index in [-0.39, 0.29) is 5.75 Å². The van der Waals surface area contributed by atoms with Gasteiger partial charge in [0.25, 0.3) is 0 Å². The van der Waals surface area contributed by atoms with Crippen LogP contribution in [-0.2, 0) is 0 Å². The molecule has 1 heterocycles. The second kappa shape index (κ2) is 9.16. The molecular weight excluding hydrogens is 256 g/mol. The molecule has 2 nitrogen and oxygen atoms in total. The first-order chi connectivity index (χ1) is 8.35. The number of methoxy groups -OCH3 is 1. The molecule has 1 saturated heterocycles. The summed E-state index contributed by atoms with van der Waals surface area (Å²) in [6, 6.07) is 3.02. The van der Waals surface area contributed by atoms with Crippen molar-refractivity contribution < 1.29 is 13.5 Å². The van der Waals surface area contributed by atoms with Crippen LogP contribution in [0.1, 0.15) is 20.8 Å². The monoisotopic (exact) mass is 277 g/mol. The Morgan fingerprint density at radius 3 is 1.67 bits per heavy atom. The third-order valence-electron chi connectivity index (χ3n) is 1.50. The molecule has 1 aliphatic rings. The first-order valence-electron chi connectivity index (χ1n) is 5.79. The minimum absolute atomic E-state index is 0.192. The van der Waals surface area contributed by atoms with Gasteiger partial charge in [0.2, 0.25) is 0 Å². The zero-order chi connectivity index (χ0) is 14.1. The van der Waals surface area contributed by atoms with Crippen LogP contribution in [0.3, 0.4) is 0 Å². The normalized spacial score (nSPS) is 13.1. The maximum atomic E-state index is 12.3. The zero-order valence-electron chi connectivity index (χ0n) is 11.3. The number of hydrogen-bond acceptors (Lipinski definition) is 3. The molecule has 18 heavy (non-hydrogen) atoms. The van der Waals surface area contributed by atoms with E-state index >= 15 is 0 Å². The number of hydrogen-bond donors (Lipinski definition) is 1. The van der Waals surface area contributed by atoms with Crippen molar-refractivity contribution in [2.45, 2.75) is 20.8 Å². The number of ether oxygens (including phenoxy) is 1. The predicted octanol–water partition coefficient (Wildman–Crippen LogP) is 3.78. The van der Waals surface area contributed by atoms with Crippen molar-refractivity contribution in [1.82, 2.24) is 4.31 Å². The van der Waals surface area contributed by atoms with Crippen molar-refractivity contribution in [3.8, 4) is 5.75 Å². The molecule has 1 aromatic carbocycles. The van der Waals surface area contributed by atoms with E-state index in [1.807, 2.05) is 4.31 Å². The van der Waals surface area contributed by atoms with Crippen molar-refractivity contribution >= 4 is 12.8 Å². The fraction of sp³-hybridized carbons (Fsp3) is 0.538. The van der Waals surface area contributed by atoms with Crippen LogP contribution < -0.4 is 4.74 Å². The lowest BCUT2D eigenvalue weighted by molar-refractivity contribution is 0.407. The van der Waals surface area contributed by atoms with Crippen LogP contribution >= 0.6 is 12.8 Å². The summed E-state index contributed by atoms with van der Waals surface area (Å²) < 4.78 is 31.1. The summed E-state index contributed by atoms with van der Waals surface area (Å²) in [5.74, 6) is -0.230. The average molecular weight is 277 g/mol. The van der Waals surface area contributed by atoms with Gasteiger partial charge in [-0.1, -0.05) is 33.6 Å². The van der Waals surface area contributed by atoms with Crippen molar-refractivity contribution in [3.05, 3.63) is 29.8 Å². The fourth-order valence-corrected chi connectivity index (χ4v) is 0.781. The van der Waals surface area contributed by atoms with Crippen molar-refractivity contribution in [2.75, 3.05) is 20.2 Å². The van der Waals surface area contributed by atoms with Crippen molar-refractivity contribution in [3.63, 3.8) is 0 Å². The van der Waals surface area contributed by atoms with Crippen LogP contribution in [-0.4, -0.2) is 24.5 Å². The summed E-state index contributed by atoms with van der Waals surface area (Å²) in [5, 5.41) is 0. The molecule has 5 heteroatoms. The molecule has 2 rings (SSSR count). The standard InChI is InChI=1S/C7H6F2O.C4H10.C2H5NS/c1-10-7-3-5(8)2-6(9)4-7;1-4(2)3;4-3-1-2-3/h2-4H,1H3;4H,1-3H3;4H,1-2H2. The van der Waals surface area contributed by atoms with Gasteiger partial charge in [0.15, 0.2) is 0 Å².